The molecule has 152 valence electrons. The monoisotopic (exact) mass is 424 g/mol. The van der Waals surface area contributed by atoms with Crippen LogP contribution in [-0.4, -0.2) is 16.8 Å². The SMILES string of the molecule is COc1ccc(CNn2c(=O)c(-c3cc(N)c(F)cc3Cl)cc3cnccc32)cc1. The van der Waals surface area contributed by atoms with Gasteiger partial charge in [0.05, 0.1) is 35.4 Å². The molecular formula is C22H18ClFN4O2. The van der Waals surface area contributed by atoms with Crippen LogP contribution in [0.4, 0.5) is 10.1 Å². The van der Waals surface area contributed by atoms with Crippen LogP contribution >= 0.6 is 11.6 Å². The number of halogens is 2. The number of methoxy groups -OCH3 is 1. The summed E-state index contributed by atoms with van der Waals surface area (Å²) in [7, 11) is 1.60. The van der Waals surface area contributed by atoms with Crippen molar-refractivity contribution in [1.29, 1.82) is 0 Å². The third-order valence-corrected chi connectivity index (χ3v) is 5.09. The predicted octanol–water partition coefficient (Wildman–Crippen LogP) is 4.19. The molecule has 0 aliphatic carbocycles. The van der Waals surface area contributed by atoms with Gasteiger partial charge in [0.1, 0.15) is 11.6 Å². The molecule has 0 amide bonds. The minimum atomic E-state index is -0.635. The van der Waals surface area contributed by atoms with Crippen LogP contribution in [0, 0.1) is 5.82 Å². The van der Waals surface area contributed by atoms with Gasteiger partial charge in [-0.2, -0.15) is 0 Å². The number of hydrogen-bond donors (Lipinski definition) is 2. The molecule has 30 heavy (non-hydrogen) atoms. The summed E-state index contributed by atoms with van der Waals surface area (Å²) in [6.45, 7) is 0.393. The van der Waals surface area contributed by atoms with E-state index in [0.29, 0.717) is 23.0 Å². The van der Waals surface area contributed by atoms with Gasteiger partial charge >= 0.3 is 0 Å². The second-order valence-electron chi connectivity index (χ2n) is 6.67. The molecule has 0 spiro atoms. The third-order valence-electron chi connectivity index (χ3n) is 4.78. The Morgan fingerprint density at radius 1 is 1.17 bits per heavy atom. The van der Waals surface area contributed by atoms with Crippen LogP contribution in [0.2, 0.25) is 5.02 Å². The topological polar surface area (TPSA) is 82.2 Å². The summed E-state index contributed by atoms with van der Waals surface area (Å²) in [5.41, 5.74) is 10.7. The van der Waals surface area contributed by atoms with E-state index in [1.165, 1.54) is 10.7 Å². The van der Waals surface area contributed by atoms with E-state index in [1.807, 2.05) is 24.3 Å². The maximum atomic E-state index is 13.7. The zero-order valence-electron chi connectivity index (χ0n) is 16.0. The maximum Gasteiger partial charge on any atom is 0.277 e. The summed E-state index contributed by atoms with van der Waals surface area (Å²) in [6.07, 6.45) is 3.25. The molecule has 0 saturated heterocycles. The number of aromatic nitrogens is 2. The molecule has 4 aromatic rings. The number of nitrogens with one attached hydrogen (secondary N) is 1. The molecule has 4 rings (SSSR count). The third kappa shape index (κ3) is 3.67. The number of nitrogens with two attached hydrogens (primary N) is 1. The summed E-state index contributed by atoms with van der Waals surface area (Å²) in [5.74, 6) is 0.113. The fourth-order valence-corrected chi connectivity index (χ4v) is 3.45. The Morgan fingerprint density at radius 3 is 2.67 bits per heavy atom. The molecule has 6 nitrogen and oxygen atoms in total. The van der Waals surface area contributed by atoms with Gasteiger partial charge in [0, 0.05) is 23.3 Å². The number of ether oxygens (including phenoxy) is 1. The van der Waals surface area contributed by atoms with Crippen molar-refractivity contribution >= 4 is 28.2 Å². The van der Waals surface area contributed by atoms with Crippen LogP contribution < -0.4 is 21.5 Å². The van der Waals surface area contributed by atoms with Crippen molar-refractivity contribution in [3.05, 3.63) is 87.7 Å². The Hall–Kier alpha value is -3.58. The van der Waals surface area contributed by atoms with Crippen LogP contribution in [0.15, 0.2) is 65.7 Å². The molecule has 0 fully saturated rings. The predicted molar refractivity (Wildman–Crippen MR) is 117 cm³/mol. The molecule has 0 radical (unpaired) electrons. The summed E-state index contributed by atoms with van der Waals surface area (Å²) >= 11 is 6.22. The van der Waals surface area contributed by atoms with Gasteiger partial charge in [-0.25, -0.2) is 9.07 Å². The molecule has 2 aromatic carbocycles. The second-order valence-corrected chi connectivity index (χ2v) is 7.08. The quantitative estimate of drug-likeness (QED) is 0.469. The highest BCUT2D eigenvalue weighted by atomic mass is 35.5. The smallest absolute Gasteiger partial charge is 0.277 e. The van der Waals surface area contributed by atoms with Gasteiger partial charge in [0.15, 0.2) is 0 Å². The summed E-state index contributed by atoms with van der Waals surface area (Å²) in [5, 5.41) is 0.817. The van der Waals surface area contributed by atoms with Gasteiger partial charge < -0.3 is 15.9 Å². The van der Waals surface area contributed by atoms with Crippen molar-refractivity contribution in [1.82, 2.24) is 9.66 Å². The van der Waals surface area contributed by atoms with Crippen LogP contribution in [0.5, 0.6) is 5.75 Å². The molecule has 0 atom stereocenters. The van der Waals surface area contributed by atoms with E-state index in [0.717, 1.165) is 17.4 Å². The standard InChI is InChI=1S/C22H18ClFN4O2/c1-30-15-4-2-13(3-5-15)11-27-28-21-6-7-26-12-14(21)8-17(22(28)29)16-9-20(25)19(24)10-18(16)23/h2-10,12,27H,11,25H2,1H3. The van der Waals surface area contributed by atoms with Crippen LogP contribution in [0.3, 0.4) is 0 Å². The molecule has 8 heteroatoms. The van der Waals surface area contributed by atoms with E-state index in [4.69, 9.17) is 22.1 Å². The maximum absolute atomic E-state index is 13.7. The molecule has 2 heterocycles. The highest BCUT2D eigenvalue weighted by Gasteiger charge is 2.16. The van der Waals surface area contributed by atoms with Gasteiger partial charge in [-0.15, -0.1) is 0 Å². The Morgan fingerprint density at radius 2 is 1.93 bits per heavy atom. The van der Waals surface area contributed by atoms with Crippen LogP contribution in [0.25, 0.3) is 22.0 Å². The molecule has 0 bridgehead atoms. The Kier molecular flexibility index (Phi) is 5.29. The van der Waals surface area contributed by atoms with Crippen LogP contribution in [-0.2, 0) is 6.54 Å². The van der Waals surface area contributed by atoms with Crippen LogP contribution in [0.1, 0.15) is 5.56 Å². The van der Waals surface area contributed by atoms with Gasteiger partial charge in [0.25, 0.3) is 5.56 Å². The Balaban J connectivity index is 1.81. The van der Waals surface area contributed by atoms with Gasteiger partial charge in [-0.1, -0.05) is 23.7 Å². The first-order chi connectivity index (χ1) is 14.5. The number of benzene rings is 2. The lowest BCUT2D eigenvalue weighted by Gasteiger charge is -2.16. The average molecular weight is 425 g/mol. The fourth-order valence-electron chi connectivity index (χ4n) is 3.20. The van der Waals surface area contributed by atoms with Gasteiger partial charge in [0.2, 0.25) is 0 Å². The lowest BCUT2D eigenvalue weighted by Crippen LogP contribution is -2.30. The molecule has 2 aromatic heterocycles. The van der Waals surface area contributed by atoms with Crippen molar-refractivity contribution < 1.29 is 9.13 Å². The number of hydrogen-bond acceptors (Lipinski definition) is 5. The second kappa shape index (κ2) is 8.04. The minimum absolute atomic E-state index is 0.0853. The average Bonchev–Trinajstić information content (AvgIpc) is 2.76. The van der Waals surface area contributed by atoms with Crippen molar-refractivity contribution in [3.8, 4) is 16.9 Å². The number of nitrogens with zero attached hydrogens (tertiary/aromatic N) is 2. The molecule has 3 N–H and O–H groups in total. The highest BCUT2D eigenvalue weighted by Crippen LogP contribution is 2.31. The minimum Gasteiger partial charge on any atom is -0.497 e. The highest BCUT2D eigenvalue weighted by molar-refractivity contribution is 6.33. The van der Waals surface area contributed by atoms with Crippen molar-refractivity contribution in [3.63, 3.8) is 0 Å². The number of anilines is 1. The fraction of sp³-hybridized carbons (Fsp3) is 0.0909. The first-order valence-electron chi connectivity index (χ1n) is 9.09. The number of rotatable bonds is 5. The lowest BCUT2D eigenvalue weighted by molar-refractivity contribution is 0.414. The molecule has 0 unspecified atom stereocenters. The van der Waals surface area contributed by atoms with Gasteiger partial charge in [-0.05, 0) is 42.0 Å². The zero-order chi connectivity index (χ0) is 21.3. The lowest BCUT2D eigenvalue weighted by atomic mass is 10.0. The molecule has 0 saturated carbocycles. The van der Waals surface area contributed by atoms with Crippen molar-refractivity contribution in [2.24, 2.45) is 0 Å². The molecule has 0 aliphatic rings. The Labute approximate surface area is 176 Å². The van der Waals surface area contributed by atoms with E-state index in [2.05, 4.69) is 10.4 Å². The number of fused-ring (bicyclic) bond motifs is 1. The summed E-state index contributed by atoms with van der Waals surface area (Å²) in [4.78, 5) is 17.5. The first kappa shape index (κ1) is 19.7. The zero-order valence-corrected chi connectivity index (χ0v) is 16.8. The van der Waals surface area contributed by atoms with E-state index in [1.54, 1.807) is 31.6 Å². The Bertz CT molecular complexity index is 1290. The van der Waals surface area contributed by atoms with Crippen molar-refractivity contribution in [2.45, 2.75) is 6.54 Å². The normalized spacial score (nSPS) is 10.9. The number of nitrogen functional groups attached to an aromatic ring is 1. The molecular weight excluding hydrogens is 407 g/mol. The number of pyridine rings is 2. The van der Waals surface area contributed by atoms with Crippen molar-refractivity contribution in [2.75, 3.05) is 18.3 Å². The first-order valence-corrected chi connectivity index (χ1v) is 9.47. The largest absolute Gasteiger partial charge is 0.497 e. The van der Waals surface area contributed by atoms with E-state index < -0.39 is 5.82 Å². The summed E-state index contributed by atoms with van der Waals surface area (Å²) in [6, 6.07) is 13.4. The van der Waals surface area contributed by atoms with Gasteiger partial charge in [-0.3, -0.25) is 9.78 Å². The summed E-state index contributed by atoms with van der Waals surface area (Å²) < 4.78 is 20.4. The van der Waals surface area contributed by atoms with E-state index >= 15 is 0 Å². The van der Waals surface area contributed by atoms with E-state index in [-0.39, 0.29) is 21.8 Å². The molecule has 0 aliphatic heterocycles. The van der Waals surface area contributed by atoms with E-state index in [9.17, 15) is 9.18 Å².